The van der Waals surface area contributed by atoms with Crippen LogP contribution in [0.5, 0.6) is 5.75 Å². The number of likely N-dealkylation sites (tertiary alicyclic amines) is 1. The van der Waals surface area contributed by atoms with Crippen molar-refractivity contribution in [3.05, 3.63) is 29.8 Å². The quantitative estimate of drug-likeness (QED) is 0.638. The fourth-order valence-corrected chi connectivity index (χ4v) is 3.67. The van der Waals surface area contributed by atoms with Crippen molar-refractivity contribution in [1.29, 1.82) is 0 Å². The minimum absolute atomic E-state index is 0.00601. The molecule has 4 N–H and O–H groups in total. The predicted octanol–water partition coefficient (Wildman–Crippen LogP) is -0.475. The highest BCUT2D eigenvalue weighted by Gasteiger charge is 2.38. The number of nitrogens with zero attached hydrogens (tertiary/aromatic N) is 1. The number of carboxylic acids is 1. The van der Waals surface area contributed by atoms with Crippen LogP contribution in [-0.2, 0) is 26.0 Å². The van der Waals surface area contributed by atoms with E-state index in [1.807, 2.05) is 0 Å². The van der Waals surface area contributed by atoms with Crippen LogP contribution in [0.25, 0.3) is 0 Å². The summed E-state index contributed by atoms with van der Waals surface area (Å²) < 4.78 is 22.3. The van der Waals surface area contributed by atoms with E-state index in [2.05, 4.69) is 0 Å². The first-order valence-corrected chi connectivity index (χ1v) is 8.68. The summed E-state index contributed by atoms with van der Waals surface area (Å²) in [5.74, 6) is -2.45. The van der Waals surface area contributed by atoms with Gasteiger partial charge in [-0.2, -0.15) is 0 Å². The lowest BCUT2D eigenvalue weighted by Gasteiger charge is -2.25. The standard InChI is InChI=1S/C14H18N2O6S/c15-23(21,22)8-10-6-13(18)16(7-10)12(14(19)20)5-9-2-1-3-11(17)4-9/h1-4,10,12,17H,5-8H2,(H,19,20)(H2,15,21,22). The van der Waals surface area contributed by atoms with Crippen LogP contribution in [0.4, 0.5) is 0 Å². The molecule has 126 valence electrons. The number of phenols is 1. The van der Waals surface area contributed by atoms with Gasteiger partial charge < -0.3 is 15.1 Å². The van der Waals surface area contributed by atoms with Gasteiger partial charge in [0.1, 0.15) is 11.8 Å². The Hall–Kier alpha value is -2.13. The second-order valence-electron chi connectivity index (χ2n) is 5.67. The molecule has 1 aliphatic heterocycles. The molecule has 23 heavy (non-hydrogen) atoms. The summed E-state index contributed by atoms with van der Waals surface area (Å²) in [6.45, 7) is 0.0328. The molecule has 0 aromatic heterocycles. The number of rotatable bonds is 6. The summed E-state index contributed by atoms with van der Waals surface area (Å²) in [4.78, 5) is 24.7. The number of benzene rings is 1. The highest BCUT2D eigenvalue weighted by atomic mass is 32.2. The van der Waals surface area contributed by atoms with Crippen molar-refractivity contribution in [2.45, 2.75) is 18.9 Å². The van der Waals surface area contributed by atoms with Gasteiger partial charge in [-0.1, -0.05) is 12.1 Å². The first-order chi connectivity index (χ1) is 10.7. The number of primary sulfonamides is 1. The molecule has 1 saturated heterocycles. The van der Waals surface area contributed by atoms with Gasteiger partial charge in [0.2, 0.25) is 15.9 Å². The summed E-state index contributed by atoms with van der Waals surface area (Å²) in [5, 5.41) is 23.8. The molecule has 1 amide bonds. The van der Waals surface area contributed by atoms with Crippen LogP contribution < -0.4 is 5.14 Å². The van der Waals surface area contributed by atoms with Gasteiger partial charge in [0, 0.05) is 25.3 Å². The first kappa shape index (κ1) is 17.2. The largest absolute Gasteiger partial charge is 0.508 e. The third kappa shape index (κ3) is 4.67. The molecule has 1 heterocycles. The molecule has 0 aliphatic carbocycles. The van der Waals surface area contributed by atoms with Crippen molar-refractivity contribution < 1.29 is 28.2 Å². The lowest BCUT2D eigenvalue weighted by Crippen LogP contribution is -2.44. The molecule has 0 radical (unpaired) electrons. The smallest absolute Gasteiger partial charge is 0.326 e. The monoisotopic (exact) mass is 342 g/mol. The summed E-state index contributed by atoms with van der Waals surface area (Å²) in [7, 11) is -3.72. The van der Waals surface area contributed by atoms with Crippen molar-refractivity contribution in [1.82, 2.24) is 4.90 Å². The maximum atomic E-state index is 12.1. The number of carbonyl (C=O) groups excluding carboxylic acids is 1. The Morgan fingerprint density at radius 3 is 2.70 bits per heavy atom. The maximum Gasteiger partial charge on any atom is 0.326 e. The van der Waals surface area contributed by atoms with E-state index in [1.54, 1.807) is 12.1 Å². The highest BCUT2D eigenvalue weighted by Crippen LogP contribution is 2.24. The van der Waals surface area contributed by atoms with Crippen molar-refractivity contribution in [3.63, 3.8) is 0 Å². The Morgan fingerprint density at radius 1 is 1.43 bits per heavy atom. The van der Waals surface area contributed by atoms with E-state index in [0.29, 0.717) is 5.56 Å². The number of hydrogen-bond acceptors (Lipinski definition) is 5. The van der Waals surface area contributed by atoms with Gasteiger partial charge in [-0.15, -0.1) is 0 Å². The number of aliphatic carboxylic acids is 1. The molecule has 2 atom stereocenters. The van der Waals surface area contributed by atoms with Crippen LogP contribution in [0.2, 0.25) is 0 Å². The normalized spacial score (nSPS) is 19.8. The molecule has 1 aromatic carbocycles. The SMILES string of the molecule is NS(=O)(=O)CC1CC(=O)N(C(Cc2cccc(O)c2)C(=O)O)C1. The molecular formula is C14H18N2O6S. The molecule has 0 saturated carbocycles. The minimum Gasteiger partial charge on any atom is -0.508 e. The van der Waals surface area contributed by atoms with Crippen LogP contribution in [0, 0.1) is 5.92 Å². The average Bonchev–Trinajstić information content (AvgIpc) is 2.74. The van der Waals surface area contributed by atoms with E-state index < -0.39 is 33.9 Å². The van der Waals surface area contributed by atoms with Gasteiger partial charge in [0.15, 0.2) is 0 Å². The molecule has 0 bridgehead atoms. The van der Waals surface area contributed by atoms with E-state index in [-0.39, 0.29) is 30.9 Å². The molecule has 1 fully saturated rings. The van der Waals surface area contributed by atoms with Gasteiger partial charge >= 0.3 is 5.97 Å². The van der Waals surface area contributed by atoms with Crippen LogP contribution in [-0.4, -0.2) is 53.7 Å². The summed E-state index contributed by atoms with van der Waals surface area (Å²) >= 11 is 0. The summed E-state index contributed by atoms with van der Waals surface area (Å²) in [6.07, 6.45) is -0.0161. The van der Waals surface area contributed by atoms with Crippen molar-refractivity contribution in [2.75, 3.05) is 12.3 Å². The Bertz CT molecular complexity index is 718. The number of carbonyl (C=O) groups is 2. The van der Waals surface area contributed by atoms with Gasteiger partial charge in [-0.05, 0) is 17.7 Å². The second-order valence-corrected chi connectivity index (χ2v) is 7.33. The fraction of sp³-hybridized carbons (Fsp3) is 0.429. The number of sulfonamides is 1. The summed E-state index contributed by atoms with van der Waals surface area (Å²) in [6, 6.07) is 5.01. The molecule has 2 unspecified atom stereocenters. The second kappa shape index (κ2) is 6.55. The Balaban J connectivity index is 2.15. The molecule has 2 rings (SSSR count). The van der Waals surface area contributed by atoms with Crippen LogP contribution >= 0.6 is 0 Å². The predicted molar refractivity (Wildman–Crippen MR) is 81.0 cm³/mol. The molecule has 1 aliphatic rings. The summed E-state index contributed by atoms with van der Waals surface area (Å²) in [5.41, 5.74) is 0.570. The number of carboxylic acid groups (broad SMARTS) is 1. The van der Waals surface area contributed by atoms with Crippen LogP contribution in [0.3, 0.4) is 0 Å². The fourth-order valence-electron chi connectivity index (χ4n) is 2.79. The number of hydrogen-bond donors (Lipinski definition) is 3. The minimum atomic E-state index is -3.72. The molecular weight excluding hydrogens is 324 g/mol. The van der Waals surface area contributed by atoms with E-state index in [4.69, 9.17) is 5.14 Å². The number of nitrogens with two attached hydrogens (primary N) is 1. The zero-order valence-electron chi connectivity index (χ0n) is 12.3. The number of phenolic OH excluding ortho intramolecular Hbond substituents is 1. The average molecular weight is 342 g/mol. The number of aromatic hydroxyl groups is 1. The number of amides is 1. The lowest BCUT2D eigenvalue weighted by atomic mass is 10.0. The highest BCUT2D eigenvalue weighted by molar-refractivity contribution is 7.89. The third-order valence-corrected chi connectivity index (χ3v) is 4.64. The molecule has 8 nitrogen and oxygen atoms in total. The topological polar surface area (TPSA) is 138 Å². The van der Waals surface area contributed by atoms with E-state index in [0.717, 1.165) is 0 Å². The van der Waals surface area contributed by atoms with Crippen molar-refractivity contribution in [3.8, 4) is 5.75 Å². The van der Waals surface area contributed by atoms with Crippen molar-refractivity contribution >= 4 is 21.9 Å². The lowest BCUT2D eigenvalue weighted by molar-refractivity contribution is -0.148. The van der Waals surface area contributed by atoms with Gasteiger partial charge in [-0.3, -0.25) is 4.79 Å². The zero-order chi connectivity index (χ0) is 17.2. The Labute approximate surface area is 133 Å². The molecule has 1 aromatic rings. The van der Waals surface area contributed by atoms with Crippen LogP contribution in [0.1, 0.15) is 12.0 Å². The maximum absolute atomic E-state index is 12.1. The van der Waals surface area contributed by atoms with E-state index in [1.165, 1.54) is 17.0 Å². The molecule has 0 spiro atoms. The third-order valence-electron chi connectivity index (χ3n) is 3.71. The van der Waals surface area contributed by atoms with Gasteiger partial charge in [-0.25, -0.2) is 18.4 Å². The van der Waals surface area contributed by atoms with Crippen LogP contribution in [0.15, 0.2) is 24.3 Å². The van der Waals surface area contributed by atoms with Gasteiger partial charge in [0.25, 0.3) is 0 Å². The molecule has 9 heteroatoms. The van der Waals surface area contributed by atoms with E-state index in [9.17, 15) is 28.2 Å². The zero-order valence-corrected chi connectivity index (χ0v) is 13.1. The Kier molecular flexibility index (Phi) is 4.90. The first-order valence-electron chi connectivity index (χ1n) is 6.96. The Morgan fingerprint density at radius 2 is 2.13 bits per heavy atom. The van der Waals surface area contributed by atoms with Crippen molar-refractivity contribution in [2.24, 2.45) is 11.1 Å². The van der Waals surface area contributed by atoms with E-state index >= 15 is 0 Å². The van der Waals surface area contributed by atoms with Gasteiger partial charge in [0.05, 0.1) is 5.75 Å².